The van der Waals surface area contributed by atoms with E-state index in [1.807, 2.05) is 6.92 Å². The predicted molar refractivity (Wildman–Crippen MR) is 74.3 cm³/mol. The summed E-state index contributed by atoms with van der Waals surface area (Å²) in [6.07, 6.45) is 0.692. The number of primary amides is 1. The SMILES string of the molecule is CCCNC(=O)CCNC(=O)NC(CCC(N)=O)C(=O)O. The van der Waals surface area contributed by atoms with E-state index >= 15 is 0 Å². The number of aliphatic carboxylic acids is 1. The zero-order valence-corrected chi connectivity index (χ0v) is 12.0. The van der Waals surface area contributed by atoms with E-state index in [4.69, 9.17) is 10.8 Å². The van der Waals surface area contributed by atoms with E-state index in [9.17, 15) is 19.2 Å². The van der Waals surface area contributed by atoms with Crippen molar-refractivity contribution in [3.05, 3.63) is 0 Å². The normalized spacial score (nSPS) is 11.3. The Morgan fingerprint density at radius 1 is 1.10 bits per heavy atom. The third-order valence-corrected chi connectivity index (χ3v) is 2.49. The minimum absolute atomic E-state index is 0.0868. The maximum Gasteiger partial charge on any atom is 0.326 e. The maximum absolute atomic E-state index is 11.5. The van der Waals surface area contributed by atoms with Crippen LogP contribution < -0.4 is 21.7 Å². The summed E-state index contributed by atoms with van der Waals surface area (Å²) >= 11 is 0. The number of carbonyl (C=O) groups is 4. The highest BCUT2D eigenvalue weighted by atomic mass is 16.4. The molecule has 0 rings (SSSR count). The van der Waals surface area contributed by atoms with Crippen molar-refractivity contribution >= 4 is 23.8 Å². The number of rotatable bonds is 10. The van der Waals surface area contributed by atoms with Gasteiger partial charge in [0.1, 0.15) is 6.04 Å². The molecule has 0 aromatic rings. The largest absolute Gasteiger partial charge is 0.480 e. The summed E-state index contributed by atoms with van der Waals surface area (Å²) in [4.78, 5) is 44.2. The molecule has 0 heterocycles. The smallest absolute Gasteiger partial charge is 0.326 e. The molecule has 1 unspecified atom stereocenters. The van der Waals surface area contributed by atoms with Crippen LogP contribution in [0.5, 0.6) is 0 Å². The molecule has 9 nitrogen and oxygen atoms in total. The molecule has 9 heteroatoms. The lowest BCUT2D eigenvalue weighted by atomic mass is 10.1. The fraction of sp³-hybridized carbons (Fsp3) is 0.667. The van der Waals surface area contributed by atoms with Crippen LogP contribution in [0.2, 0.25) is 0 Å². The van der Waals surface area contributed by atoms with Crippen LogP contribution >= 0.6 is 0 Å². The number of nitrogens with one attached hydrogen (secondary N) is 3. The maximum atomic E-state index is 11.5. The molecule has 0 aliphatic heterocycles. The molecule has 0 fully saturated rings. The second kappa shape index (κ2) is 10.5. The average molecular weight is 302 g/mol. The molecule has 0 aliphatic rings. The first-order valence-corrected chi connectivity index (χ1v) is 6.69. The van der Waals surface area contributed by atoms with E-state index in [1.54, 1.807) is 0 Å². The van der Waals surface area contributed by atoms with Gasteiger partial charge < -0.3 is 26.8 Å². The zero-order chi connectivity index (χ0) is 16.3. The minimum atomic E-state index is -1.26. The van der Waals surface area contributed by atoms with Crippen molar-refractivity contribution in [2.45, 2.75) is 38.6 Å². The lowest BCUT2D eigenvalue weighted by Gasteiger charge is -2.14. The Hall–Kier alpha value is -2.32. The third-order valence-electron chi connectivity index (χ3n) is 2.49. The molecule has 0 saturated carbocycles. The fourth-order valence-electron chi connectivity index (χ4n) is 1.40. The van der Waals surface area contributed by atoms with Crippen molar-refractivity contribution in [3.8, 4) is 0 Å². The first-order chi connectivity index (χ1) is 9.86. The van der Waals surface area contributed by atoms with Gasteiger partial charge in [-0.3, -0.25) is 9.59 Å². The van der Waals surface area contributed by atoms with Gasteiger partial charge in [0, 0.05) is 25.9 Å². The Labute approximate surface area is 122 Å². The van der Waals surface area contributed by atoms with Crippen molar-refractivity contribution in [2.24, 2.45) is 5.73 Å². The highest BCUT2D eigenvalue weighted by molar-refractivity contribution is 5.83. The van der Waals surface area contributed by atoms with Crippen LogP contribution in [0.4, 0.5) is 4.79 Å². The van der Waals surface area contributed by atoms with Crippen LogP contribution in [0.25, 0.3) is 0 Å². The minimum Gasteiger partial charge on any atom is -0.480 e. The second-order valence-corrected chi connectivity index (χ2v) is 4.40. The lowest BCUT2D eigenvalue weighted by molar-refractivity contribution is -0.139. The lowest BCUT2D eigenvalue weighted by Crippen LogP contribution is -2.47. The number of amides is 4. The molecule has 120 valence electrons. The highest BCUT2D eigenvalue weighted by Gasteiger charge is 2.20. The standard InChI is InChI=1S/C12H22N4O5/c1-2-6-14-10(18)5-7-15-12(21)16-8(11(19)20)3-4-9(13)17/h8H,2-7H2,1H3,(H2,13,17)(H,14,18)(H,19,20)(H2,15,16,21). The van der Waals surface area contributed by atoms with Gasteiger partial charge in [-0.15, -0.1) is 0 Å². The van der Waals surface area contributed by atoms with E-state index in [-0.39, 0.29) is 31.7 Å². The third kappa shape index (κ3) is 10.2. The highest BCUT2D eigenvalue weighted by Crippen LogP contribution is 1.97. The Morgan fingerprint density at radius 2 is 1.76 bits per heavy atom. The Kier molecular flexibility index (Phi) is 9.31. The molecule has 4 amide bonds. The quantitative estimate of drug-likeness (QED) is 0.348. The molecule has 21 heavy (non-hydrogen) atoms. The summed E-state index contributed by atoms with van der Waals surface area (Å²) in [5.41, 5.74) is 4.92. The van der Waals surface area contributed by atoms with Crippen molar-refractivity contribution in [2.75, 3.05) is 13.1 Å². The van der Waals surface area contributed by atoms with Gasteiger partial charge in [-0.25, -0.2) is 9.59 Å². The van der Waals surface area contributed by atoms with Crippen LogP contribution in [0, 0.1) is 0 Å². The van der Waals surface area contributed by atoms with E-state index in [0.717, 1.165) is 6.42 Å². The number of carbonyl (C=O) groups excluding carboxylic acids is 3. The molecule has 6 N–H and O–H groups in total. The number of urea groups is 1. The average Bonchev–Trinajstić information content (AvgIpc) is 2.40. The fourth-order valence-corrected chi connectivity index (χ4v) is 1.40. The first-order valence-electron chi connectivity index (χ1n) is 6.69. The van der Waals surface area contributed by atoms with Crippen LogP contribution in [0.1, 0.15) is 32.6 Å². The van der Waals surface area contributed by atoms with Crippen LogP contribution in [0.15, 0.2) is 0 Å². The number of hydrogen-bond acceptors (Lipinski definition) is 4. The predicted octanol–water partition coefficient (Wildman–Crippen LogP) is -1.08. The Bertz CT molecular complexity index is 386. The molecule has 0 saturated heterocycles. The molecule has 0 bridgehead atoms. The number of hydrogen-bond donors (Lipinski definition) is 5. The summed E-state index contributed by atoms with van der Waals surface area (Å²) in [6.45, 7) is 2.58. The molecule has 0 aromatic carbocycles. The van der Waals surface area contributed by atoms with Crippen LogP contribution in [-0.2, 0) is 14.4 Å². The topological polar surface area (TPSA) is 151 Å². The van der Waals surface area contributed by atoms with Crippen molar-refractivity contribution in [1.29, 1.82) is 0 Å². The van der Waals surface area contributed by atoms with Crippen molar-refractivity contribution in [1.82, 2.24) is 16.0 Å². The van der Waals surface area contributed by atoms with Gasteiger partial charge in [0.15, 0.2) is 0 Å². The van der Waals surface area contributed by atoms with E-state index < -0.39 is 23.9 Å². The number of carboxylic acids is 1. The van der Waals surface area contributed by atoms with Gasteiger partial charge in [0.25, 0.3) is 0 Å². The molecule has 1 atom stereocenters. The molecule has 0 aliphatic carbocycles. The van der Waals surface area contributed by atoms with Gasteiger partial charge in [-0.05, 0) is 12.8 Å². The second-order valence-electron chi connectivity index (χ2n) is 4.40. The summed E-state index contributed by atoms with van der Waals surface area (Å²) in [5, 5.41) is 16.1. The Morgan fingerprint density at radius 3 is 2.29 bits per heavy atom. The summed E-state index contributed by atoms with van der Waals surface area (Å²) < 4.78 is 0. The summed E-state index contributed by atoms with van der Waals surface area (Å²) in [6, 6.07) is -1.92. The van der Waals surface area contributed by atoms with Gasteiger partial charge in [0.2, 0.25) is 11.8 Å². The summed E-state index contributed by atoms with van der Waals surface area (Å²) in [5.74, 6) is -2.09. The molecular formula is C12H22N4O5. The van der Waals surface area contributed by atoms with Crippen LogP contribution in [0.3, 0.4) is 0 Å². The molecule has 0 spiro atoms. The van der Waals surface area contributed by atoms with Gasteiger partial charge in [-0.1, -0.05) is 6.92 Å². The molecule has 0 aromatic heterocycles. The zero-order valence-electron chi connectivity index (χ0n) is 12.0. The van der Waals surface area contributed by atoms with Crippen molar-refractivity contribution < 1.29 is 24.3 Å². The van der Waals surface area contributed by atoms with Gasteiger partial charge in [0.05, 0.1) is 0 Å². The van der Waals surface area contributed by atoms with Crippen molar-refractivity contribution in [3.63, 3.8) is 0 Å². The number of nitrogens with two attached hydrogens (primary N) is 1. The van der Waals surface area contributed by atoms with E-state index in [0.29, 0.717) is 6.54 Å². The van der Waals surface area contributed by atoms with E-state index in [1.165, 1.54) is 0 Å². The monoisotopic (exact) mass is 302 g/mol. The van der Waals surface area contributed by atoms with Crippen LogP contribution in [-0.4, -0.2) is 48.1 Å². The van der Waals surface area contributed by atoms with E-state index in [2.05, 4.69) is 16.0 Å². The first kappa shape index (κ1) is 18.7. The van der Waals surface area contributed by atoms with Gasteiger partial charge >= 0.3 is 12.0 Å². The van der Waals surface area contributed by atoms with Gasteiger partial charge in [-0.2, -0.15) is 0 Å². The Balaban J connectivity index is 4.00. The molecular weight excluding hydrogens is 280 g/mol. The number of carboxylic acid groups (broad SMARTS) is 1. The summed E-state index contributed by atoms with van der Waals surface area (Å²) in [7, 11) is 0. The molecule has 0 radical (unpaired) electrons.